The maximum absolute atomic E-state index is 9.29. The van der Waals surface area contributed by atoms with Crippen LogP contribution in [0.25, 0.3) is 0 Å². The summed E-state index contributed by atoms with van der Waals surface area (Å²) in [5.41, 5.74) is -0.199. The lowest BCUT2D eigenvalue weighted by Crippen LogP contribution is -2.43. The highest BCUT2D eigenvalue weighted by molar-refractivity contribution is 7.99. The molecule has 1 unspecified atom stereocenters. The molecule has 0 saturated heterocycles. The fourth-order valence-corrected chi connectivity index (χ4v) is 2.65. The summed E-state index contributed by atoms with van der Waals surface area (Å²) < 4.78 is 5.29. The third-order valence-corrected chi connectivity index (χ3v) is 3.99. The van der Waals surface area contributed by atoms with Gasteiger partial charge in [-0.3, -0.25) is 0 Å². The first-order chi connectivity index (χ1) is 8.15. The largest absolute Gasteiger partial charge is 0.496 e. The van der Waals surface area contributed by atoms with Gasteiger partial charge in [0.2, 0.25) is 0 Å². The Balaban J connectivity index is 2.51. The number of aliphatic hydroxyl groups excluding tert-OH is 1. The summed E-state index contributed by atoms with van der Waals surface area (Å²) in [6, 6.07) is 7.99. The average Bonchev–Trinajstić information content (AvgIpc) is 2.39. The Hall–Kier alpha value is -0.710. The topological polar surface area (TPSA) is 41.5 Å². The minimum Gasteiger partial charge on any atom is -0.496 e. The van der Waals surface area contributed by atoms with Crippen molar-refractivity contribution in [2.24, 2.45) is 0 Å². The van der Waals surface area contributed by atoms with Crippen LogP contribution in [0.4, 0.5) is 0 Å². The molecule has 2 N–H and O–H groups in total. The average molecular weight is 255 g/mol. The minimum atomic E-state index is -0.199. The number of nitrogens with one attached hydrogen (secondary N) is 1. The van der Waals surface area contributed by atoms with Gasteiger partial charge in [0.15, 0.2) is 0 Å². The van der Waals surface area contributed by atoms with Gasteiger partial charge in [0.05, 0.1) is 13.7 Å². The van der Waals surface area contributed by atoms with Crippen molar-refractivity contribution in [2.75, 3.05) is 26.5 Å². The first-order valence-corrected chi connectivity index (χ1v) is 6.69. The van der Waals surface area contributed by atoms with Gasteiger partial charge in [0.25, 0.3) is 0 Å². The second kappa shape index (κ2) is 6.89. The molecule has 4 heteroatoms. The van der Waals surface area contributed by atoms with E-state index in [9.17, 15) is 5.11 Å². The summed E-state index contributed by atoms with van der Waals surface area (Å²) in [7, 11) is 3.56. The van der Waals surface area contributed by atoms with Crippen LogP contribution in [0.3, 0.4) is 0 Å². The normalized spacial score (nSPS) is 14.4. The first kappa shape index (κ1) is 14.4. The molecule has 0 aliphatic rings. The predicted molar refractivity (Wildman–Crippen MR) is 72.9 cm³/mol. The van der Waals surface area contributed by atoms with E-state index in [1.807, 2.05) is 32.2 Å². The van der Waals surface area contributed by atoms with E-state index >= 15 is 0 Å². The smallest absolute Gasteiger partial charge is 0.132 e. The Morgan fingerprint density at radius 3 is 2.71 bits per heavy atom. The Kier molecular flexibility index (Phi) is 5.82. The van der Waals surface area contributed by atoms with Crippen LogP contribution >= 0.6 is 11.8 Å². The first-order valence-electron chi connectivity index (χ1n) is 5.71. The van der Waals surface area contributed by atoms with Gasteiger partial charge in [-0.25, -0.2) is 0 Å². The fourth-order valence-electron chi connectivity index (χ4n) is 1.41. The number of hydrogen-bond acceptors (Lipinski definition) is 4. The van der Waals surface area contributed by atoms with Crippen LogP contribution < -0.4 is 10.1 Å². The molecule has 0 spiro atoms. The molecule has 1 rings (SSSR count). The molecule has 0 aliphatic carbocycles. The number of aliphatic hydroxyl groups is 1. The number of rotatable bonds is 7. The van der Waals surface area contributed by atoms with Gasteiger partial charge in [-0.1, -0.05) is 12.1 Å². The summed E-state index contributed by atoms with van der Waals surface area (Å²) in [5, 5.41) is 12.4. The van der Waals surface area contributed by atoms with E-state index in [0.29, 0.717) is 0 Å². The summed E-state index contributed by atoms with van der Waals surface area (Å²) in [4.78, 5) is 1.14. The molecular weight excluding hydrogens is 234 g/mol. The molecule has 0 radical (unpaired) electrons. The van der Waals surface area contributed by atoms with Crippen LogP contribution in [0.15, 0.2) is 29.2 Å². The molecule has 0 fully saturated rings. The van der Waals surface area contributed by atoms with Gasteiger partial charge in [-0.15, -0.1) is 11.8 Å². The molecule has 0 aromatic heterocycles. The van der Waals surface area contributed by atoms with Crippen molar-refractivity contribution >= 4 is 11.8 Å². The van der Waals surface area contributed by atoms with Gasteiger partial charge in [-0.2, -0.15) is 0 Å². The molecule has 0 aliphatic heterocycles. The van der Waals surface area contributed by atoms with Gasteiger partial charge in [0.1, 0.15) is 5.75 Å². The van der Waals surface area contributed by atoms with Crippen molar-refractivity contribution in [1.29, 1.82) is 0 Å². The van der Waals surface area contributed by atoms with E-state index in [1.54, 1.807) is 18.9 Å². The van der Waals surface area contributed by atoms with Crippen LogP contribution in [-0.4, -0.2) is 37.2 Å². The number of para-hydroxylation sites is 1. The van der Waals surface area contributed by atoms with E-state index in [-0.39, 0.29) is 12.1 Å². The molecule has 1 atom stereocenters. The van der Waals surface area contributed by atoms with Crippen LogP contribution in [0.1, 0.15) is 13.3 Å². The van der Waals surface area contributed by atoms with Crippen molar-refractivity contribution in [1.82, 2.24) is 5.32 Å². The maximum Gasteiger partial charge on any atom is 0.132 e. The number of likely N-dealkylation sites (N-methyl/N-ethyl adjacent to an activating group) is 1. The lowest BCUT2D eigenvalue weighted by molar-refractivity contribution is 0.179. The van der Waals surface area contributed by atoms with Crippen molar-refractivity contribution in [3.05, 3.63) is 24.3 Å². The molecule has 1 aromatic rings. The van der Waals surface area contributed by atoms with E-state index in [2.05, 4.69) is 11.4 Å². The van der Waals surface area contributed by atoms with E-state index < -0.39 is 0 Å². The minimum absolute atomic E-state index is 0.149. The molecule has 0 amide bonds. The SMILES string of the molecule is CNC(C)(CO)CCSc1ccccc1OC. The molecule has 17 heavy (non-hydrogen) atoms. The second-order valence-corrected chi connectivity index (χ2v) is 5.35. The van der Waals surface area contributed by atoms with E-state index in [0.717, 1.165) is 22.8 Å². The third-order valence-electron chi connectivity index (χ3n) is 2.93. The van der Waals surface area contributed by atoms with Crippen LogP contribution in [0, 0.1) is 0 Å². The lowest BCUT2D eigenvalue weighted by atomic mass is 10.0. The van der Waals surface area contributed by atoms with Crippen molar-refractivity contribution in [2.45, 2.75) is 23.8 Å². The van der Waals surface area contributed by atoms with Crippen molar-refractivity contribution in [3.8, 4) is 5.75 Å². The van der Waals surface area contributed by atoms with Crippen LogP contribution in [0.2, 0.25) is 0 Å². The molecule has 0 heterocycles. The maximum atomic E-state index is 9.29. The zero-order valence-electron chi connectivity index (χ0n) is 10.7. The molecule has 96 valence electrons. The Morgan fingerprint density at radius 2 is 2.12 bits per heavy atom. The third kappa shape index (κ3) is 4.22. The predicted octanol–water partition coefficient (Wildman–Crippen LogP) is 2.15. The van der Waals surface area contributed by atoms with E-state index in [4.69, 9.17) is 4.74 Å². The van der Waals surface area contributed by atoms with Gasteiger partial charge >= 0.3 is 0 Å². The van der Waals surface area contributed by atoms with Gasteiger partial charge in [0, 0.05) is 10.4 Å². The summed E-state index contributed by atoms with van der Waals surface area (Å²) in [5.74, 6) is 1.85. The highest BCUT2D eigenvalue weighted by Gasteiger charge is 2.20. The molecule has 1 aromatic carbocycles. The molecule has 0 bridgehead atoms. The van der Waals surface area contributed by atoms with Gasteiger partial charge in [-0.05, 0) is 38.3 Å². The summed E-state index contributed by atoms with van der Waals surface area (Å²) in [6.07, 6.45) is 0.905. The fraction of sp³-hybridized carbons (Fsp3) is 0.538. The Morgan fingerprint density at radius 1 is 1.41 bits per heavy atom. The Labute approximate surface area is 108 Å². The lowest BCUT2D eigenvalue weighted by Gasteiger charge is -2.26. The summed E-state index contributed by atoms with van der Waals surface area (Å²) >= 11 is 1.75. The monoisotopic (exact) mass is 255 g/mol. The number of benzene rings is 1. The number of hydrogen-bond donors (Lipinski definition) is 2. The second-order valence-electron chi connectivity index (χ2n) is 4.22. The van der Waals surface area contributed by atoms with Gasteiger partial charge < -0.3 is 15.2 Å². The standard InChI is InChI=1S/C13H21NO2S/c1-13(10-15,14-2)8-9-17-12-7-5-4-6-11(12)16-3/h4-7,14-15H,8-10H2,1-3H3. The number of ether oxygens (including phenoxy) is 1. The molecular formula is C13H21NO2S. The molecule has 3 nitrogen and oxygen atoms in total. The number of methoxy groups -OCH3 is 1. The Bertz CT molecular complexity index is 340. The highest BCUT2D eigenvalue weighted by atomic mass is 32.2. The van der Waals surface area contributed by atoms with Crippen LogP contribution in [0.5, 0.6) is 5.75 Å². The zero-order valence-corrected chi connectivity index (χ0v) is 11.5. The zero-order chi connectivity index (χ0) is 12.7. The van der Waals surface area contributed by atoms with Crippen LogP contribution in [-0.2, 0) is 0 Å². The summed E-state index contributed by atoms with van der Waals surface area (Å²) in [6.45, 7) is 2.17. The quantitative estimate of drug-likeness (QED) is 0.733. The highest BCUT2D eigenvalue weighted by Crippen LogP contribution is 2.30. The van der Waals surface area contributed by atoms with E-state index in [1.165, 1.54) is 0 Å². The molecule has 0 saturated carbocycles. The number of thioether (sulfide) groups is 1. The van der Waals surface area contributed by atoms with Crippen molar-refractivity contribution in [3.63, 3.8) is 0 Å². The van der Waals surface area contributed by atoms with Crippen molar-refractivity contribution < 1.29 is 9.84 Å².